The minimum Gasteiger partial charge on any atom is -0.336 e. The number of hydrogen-bond acceptors (Lipinski definition) is 4. The molecule has 0 spiro atoms. The summed E-state index contributed by atoms with van der Waals surface area (Å²) in [5.74, 6) is -0.227. The van der Waals surface area contributed by atoms with Crippen molar-refractivity contribution < 1.29 is 9.59 Å². The average molecular weight is 329 g/mol. The number of carbonyl (C=O) groups excluding carboxylic acids is 2. The fourth-order valence-electron chi connectivity index (χ4n) is 2.66. The number of para-hydroxylation sites is 1. The highest BCUT2D eigenvalue weighted by atomic mass is 32.1. The molecule has 6 heteroatoms. The van der Waals surface area contributed by atoms with Gasteiger partial charge in [0.1, 0.15) is 0 Å². The Morgan fingerprint density at radius 1 is 1.26 bits per heavy atom. The van der Waals surface area contributed by atoms with E-state index < -0.39 is 0 Å². The van der Waals surface area contributed by atoms with E-state index in [1.807, 2.05) is 28.5 Å². The van der Waals surface area contributed by atoms with Crippen LogP contribution in [0.25, 0.3) is 0 Å². The number of hydrogen-bond donors (Lipinski definition) is 2. The molecule has 1 aliphatic heterocycles. The third-order valence-corrected chi connectivity index (χ3v) is 4.68. The number of nitrogens with zero attached hydrogens (tertiary/aromatic N) is 1. The smallest absolute Gasteiger partial charge is 0.265 e. The van der Waals surface area contributed by atoms with Gasteiger partial charge < -0.3 is 15.5 Å². The van der Waals surface area contributed by atoms with Crippen LogP contribution in [0.5, 0.6) is 0 Å². The molecule has 0 aliphatic carbocycles. The Labute approximate surface area is 139 Å². The molecule has 1 fully saturated rings. The normalized spacial score (nSPS) is 17.8. The predicted octanol–water partition coefficient (Wildman–Crippen LogP) is 2.43. The van der Waals surface area contributed by atoms with E-state index in [9.17, 15) is 9.59 Å². The Morgan fingerprint density at radius 2 is 2.09 bits per heavy atom. The molecule has 1 saturated heterocycles. The molecule has 2 heterocycles. The van der Waals surface area contributed by atoms with Crippen molar-refractivity contribution in [1.29, 1.82) is 0 Å². The molecular formula is C17H19N3O2S. The van der Waals surface area contributed by atoms with Gasteiger partial charge in [-0.3, -0.25) is 9.59 Å². The zero-order chi connectivity index (χ0) is 16.2. The molecule has 0 saturated carbocycles. The van der Waals surface area contributed by atoms with Crippen molar-refractivity contribution in [2.24, 2.45) is 0 Å². The molecule has 120 valence electrons. The third-order valence-electron chi connectivity index (χ3n) is 3.81. The second-order valence-corrected chi connectivity index (χ2v) is 6.53. The fraction of sp³-hybridized carbons (Fsp3) is 0.294. The molecule has 3 rings (SSSR count). The van der Waals surface area contributed by atoms with Crippen LogP contribution < -0.4 is 10.6 Å². The highest BCUT2D eigenvalue weighted by molar-refractivity contribution is 7.12. The van der Waals surface area contributed by atoms with Gasteiger partial charge in [-0.2, -0.15) is 0 Å². The van der Waals surface area contributed by atoms with Crippen LogP contribution in [-0.4, -0.2) is 42.4 Å². The van der Waals surface area contributed by atoms with Gasteiger partial charge in [-0.1, -0.05) is 18.2 Å². The zero-order valence-electron chi connectivity index (χ0n) is 12.9. The van der Waals surface area contributed by atoms with E-state index in [2.05, 4.69) is 17.6 Å². The lowest BCUT2D eigenvalue weighted by atomic mass is 10.1. The first-order valence-electron chi connectivity index (χ1n) is 7.61. The zero-order valence-corrected chi connectivity index (χ0v) is 13.7. The second kappa shape index (κ2) is 6.93. The van der Waals surface area contributed by atoms with Gasteiger partial charge in [0.25, 0.3) is 11.8 Å². The van der Waals surface area contributed by atoms with Gasteiger partial charge in [0, 0.05) is 25.7 Å². The lowest BCUT2D eigenvalue weighted by Crippen LogP contribution is -2.51. The van der Waals surface area contributed by atoms with E-state index in [-0.39, 0.29) is 17.9 Å². The lowest BCUT2D eigenvalue weighted by Gasteiger charge is -2.32. The van der Waals surface area contributed by atoms with Gasteiger partial charge in [0.05, 0.1) is 16.1 Å². The molecule has 2 aromatic rings. The van der Waals surface area contributed by atoms with E-state index in [1.54, 1.807) is 18.2 Å². The molecule has 0 radical (unpaired) electrons. The quantitative estimate of drug-likeness (QED) is 0.909. The molecule has 23 heavy (non-hydrogen) atoms. The number of amides is 2. The van der Waals surface area contributed by atoms with Crippen LogP contribution in [0.4, 0.5) is 5.69 Å². The van der Waals surface area contributed by atoms with Gasteiger partial charge in [-0.25, -0.2) is 0 Å². The largest absolute Gasteiger partial charge is 0.336 e. The summed E-state index contributed by atoms with van der Waals surface area (Å²) >= 11 is 1.38. The Bertz CT molecular complexity index is 700. The van der Waals surface area contributed by atoms with Gasteiger partial charge in [0.2, 0.25) is 0 Å². The topological polar surface area (TPSA) is 61.4 Å². The van der Waals surface area contributed by atoms with Crippen molar-refractivity contribution in [3.63, 3.8) is 0 Å². The summed E-state index contributed by atoms with van der Waals surface area (Å²) in [5, 5.41) is 8.03. The van der Waals surface area contributed by atoms with Gasteiger partial charge in [-0.15, -0.1) is 11.3 Å². The maximum absolute atomic E-state index is 12.8. The highest BCUT2D eigenvalue weighted by Gasteiger charge is 2.24. The van der Waals surface area contributed by atoms with Crippen LogP contribution in [-0.2, 0) is 0 Å². The van der Waals surface area contributed by atoms with Gasteiger partial charge >= 0.3 is 0 Å². The Balaban J connectivity index is 1.80. The number of benzene rings is 1. The van der Waals surface area contributed by atoms with Crippen molar-refractivity contribution in [2.75, 3.05) is 25.0 Å². The standard InChI is InChI=1S/C17H19N3O2S/c1-12-11-20(9-8-18-12)17(22)13-5-2-3-6-14(13)19-16(21)15-7-4-10-23-15/h2-7,10,12,18H,8-9,11H2,1H3,(H,19,21). The average Bonchev–Trinajstić information content (AvgIpc) is 3.09. The monoisotopic (exact) mass is 329 g/mol. The molecule has 1 aromatic heterocycles. The number of anilines is 1. The molecule has 1 unspecified atom stereocenters. The van der Waals surface area contributed by atoms with Crippen molar-refractivity contribution in [3.8, 4) is 0 Å². The number of rotatable bonds is 3. The Morgan fingerprint density at radius 3 is 2.83 bits per heavy atom. The molecule has 5 nitrogen and oxygen atoms in total. The van der Waals surface area contributed by atoms with Crippen LogP contribution in [0.1, 0.15) is 27.0 Å². The van der Waals surface area contributed by atoms with Crippen LogP contribution in [0, 0.1) is 0 Å². The molecular weight excluding hydrogens is 310 g/mol. The van der Waals surface area contributed by atoms with Crippen molar-refractivity contribution in [1.82, 2.24) is 10.2 Å². The van der Waals surface area contributed by atoms with Crippen molar-refractivity contribution >= 4 is 28.8 Å². The van der Waals surface area contributed by atoms with E-state index in [0.717, 1.165) is 6.54 Å². The maximum atomic E-state index is 12.8. The Hall–Kier alpha value is -2.18. The van der Waals surface area contributed by atoms with Crippen molar-refractivity contribution in [2.45, 2.75) is 13.0 Å². The van der Waals surface area contributed by atoms with E-state index in [4.69, 9.17) is 0 Å². The SMILES string of the molecule is CC1CN(C(=O)c2ccccc2NC(=O)c2cccs2)CCN1. The molecule has 2 N–H and O–H groups in total. The van der Waals surface area contributed by atoms with Crippen LogP contribution in [0.15, 0.2) is 41.8 Å². The summed E-state index contributed by atoms with van der Waals surface area (Å²) in [7, 11) is 0. The van der Waals surface area contributed by atoms with E-state index >= 15 is 0 Å². The number of carbonyl (C=O) groups is 2. The van der Waals surface area contributed by atoms with Gasteiger partial charge in [0.15, 0.2) is 0 Å². The van der Waals surface area contributed by atoms with Crippen LogP contribution >= 0.6 is 11.3 Å². The highest BCUT2D eigenvalue weighted by Crippen LogP contribution is 2.20. The summed E-state index contributed by atoms with van der Waals surface area (Å²) in [6.45, 7) is 4.20. The predicted molar refractivity (Wildman–Crippen MR) is 92.1 cm³/mol. The first kappa shape index (κ1) is 15.7. The fourth-order valence-corrected chi connectivity index (χ4v) is 3.28. The van der Waals surface area contributed by atoms with Gasteiger partial charge in [-0.05, 0) is 30.5 Å². The molecule has 2 amide bonds. The van der Waals surface area contributed by atoms with E-state index in [1.165, 1.54) is 11.3 Å². The first-order chi connectivity index (χ1) is 11.1. The summed E-state index contributed by atoms with van der Waals surface area (Å²) in [6, 6.07) is 11.0. The minimum absolute atomic E-state index is 0.0413. The maximum Gasteiger partial charge on any atom is 0.265 e. The second-order valence-electron chi connectivity index (χ2n) is 5.58. The summed E-state index contributed by atoms with van der Waals surface area (Å²) in [6.07, 6.45) is 0. The molecule has 1 aliphatic rings. The van der Waals surface area contributed by atoms with Crippen LogP contribution in [0.3, 0.4) is 0 Å². The lowest BCUT2D eigenvalue weighted by molar-refractivity contribution is 0.0710. The summed E-state index contributed by atoms with van der Waals surface area (Å²) in [4.78, 5) is 27.5. The Kier molecular flexibility index (Phi) is 4.73. The van der Waals surface area contributed by atoms with Crippen molar-refractivity contribution in [3.05, 3.63) is 52.2 Å². The number of piperazine rings is 1. The summed E-state index contributed by atoms with van der Waals surface area (Å²) in [5.41, 5.74) is 1.09. The molecule has 1 atom stereocenters. The number of thiophene rings is 1. The van der Waals surface area contributed by atoms with Crippen LogP contribution in [0.2, 0.25) is 0 Å². The molecule has 1 aromatic carbocycles. The molecule has 0 bridgehead atoms. The summed E-state index contributed by atoms with van der Waals surface area (Å²) < 4.78 is 0. The van der Waals surface area contributed by atoms with E-state index in [0.29, 0.717) is 29.2 Å². The number of nitrogens with one attached hydrogen (secondary N) is 2. The minimum atomic E-state index is -0.186. The third kappa shape index (κ3) is 3.60. The first-order valence-corrected chi connectivity index (χ1v) is 8.49.